The van der Waals surface area contributed by atoms with Crippen LogP contribution in [0.1, 0.15) is 13.3 Å². The average molecular weight is 153 g/mol. The molecule has 0 heterocycles. The summed E-state index contributed by atoms with van der Waals surface area (Å²) < 4.78 is 0. The van der Waals surface area contributed by atoms with Crippen molar-refractivity contribution in [3.8, 4) is 0 Å². The maximum Gasteiger partial charge on any atom is 0.0828 e. The van der Waals surface area contributed by atoms with Crippen molar-refractivity contribution in [1.82, 2.24) is 0 Å². The van der Waals surface area contributed by atoms with Crippen LogP contribution in [0, 0.1) is 5.41 Å². The van der Waals surface area contributed by atoms with Gasteiger partial charge in [0, 0.05) is 5.41 Å². The molecule has 1 unspecified atom stereocenters. The Bertz CT molecular complexity index is 205. The van der Waals surface area contributed by atoms with Gasteiger partial charge in [0.15, 0.2) is 0 Å². The van der Waals surface area contributed by atoms with Crippen molar-refractivity contribution < 1.29 is 0 Å². The molecule has 1 rings (SSSR count). The summed E-state index contributed by atoms with van der Waals surface area (Å²) in [5.41, 5.74) is 5.47. The zero-order chi connectivity index (χ0) is 7.61. The molecule has 0 amide bonds. The molecule has 10 heavy (non-hydrogen) atoms. The van der Waals surface area contributed by atoms with Crippen LogP contribution in [0.5, 0.6) is 0 Å². The molecular weight excluding hydrogens is 142 g/mol. The van der Waals surface area contributed by atoms with E-state index in [1.54, 1.807) is 0 Å². The number of allylic oxidation sites excluding steroid dienone is 3. The first-order chi connectivity index (χ1) is 4.65. The van der Waals surface area contributed by atoms with Gasteiger partial charge in [0.2, 0.25) is 0 Å². The zero-order valence-corrected chi connectivity index (χ0v) is 6.82. The van der Waals surface area contributed by atoms with Gasteiger partial charge in [0.25, 0.3) is 0 Å². The second-order valence-electron chi connectivity index (χ2n) is 2.77. The summed E-state index contributed by atoms with van der Waals surface area (Å²) in [4.78, 5) is 0.577. The van der Waals surface area contributed by atoms with Crippen LogP contribution >= 0.6 is 12.2 Å². The standard InChI is InChI=1S/C8H11NS/c1-8(7(9)10)5-3-2-4-6-8/h2-5H,6H2,1H3,(H2,9,10). The molecule has 2 heteroatoms. The molecule has 0 saturated carbocycles. The molecule has 0 spiro atoms. The van der Waals surface area contributed by atoms with E-state index in [1.807, 2.05) is 12.2 Å². The first-order valence-electron chi connectivity index (χ1n) is 3.29. The minimum absolute atomic E-state index is 0.0793. The molecule has 1 nitrogen and oxygen atoms in total. The topological polar surface area (TPSA) is 26.0 Å². The predicted octanol–water partition coefficient (Wildman–Crippen LogP) is 1.79. The van der Waals surface area contributed by atoms with Gasteiger partial charge in [0.05, 0.1) is 4.99 Å². The Labute approximate surface area is 66.6 Å². The highest BCUT2D eigenvalue weighted by Gasteiger charge is 2.23. The lowest BCUT2D eigenvalue weighted by Gasteiger charge is -2.24. The first-order valence-corrected chi connectivity index (χ1v) is 3.70. The number of hydrogen-bond donors (Lipinski definition) is 1. The maximum atomic E-state index is 5.55. The molecule has 1 aliphatic carbocycles. The molecule has 1 atom stereocenters. The van der Waals surface area contributed by atoms with Crippen molar-refractivity contribution >= 4 is 17.2 Å². The van der Waals surface area contributed by atoms with Gasteiger partial charge in [-0.2, -0.15) is 0 Å². The highest BCUT2D eigenvalue weighted by atomic mass is 32.1. The summed E-state index contributed by atoms with van der Waals surface area (Å²) in [5.74, 6) is 0. The zero-order valence-electron chi connectivity index (χ0n) is 6.00. The van der Waals surface area contributed by atoms with Crippen molar-refractivity contribution in [2.75, 3.05) is 0 Å². The highest BCUT2D eigenvalue weighted by molar-refractivity contribution is 7.80. The van der Waals surface area contributed by atoms with Crippen LogP contribution in [-0.2, 0) is 0 Å². The number of hydrogen-bond acceptors (Lipinski definition) is 1. The van der Waals surface area contributed by atoms with Crippen LogP contribution in [0.4, 0.5) is 0 Å². The summed E-state index contributed by atoms with van der Waals surface area (Å²) in [6.45, 7) is 2.05. The highest BCUT2D eigenvalue weighted by Crippen LogP contribution is 2.26. The molecule has 0 aromatic carbocycles. The fourth-order valence-corrected chi connectivity index (χ4v) is 1.06. The smallest absolute Gasteiger partial charge is 0.0828 e. The van der Waals surface area contributed by atoms with Crippen molar-refractivity contribution in [3.63, 3.8) is 0 Å². The summed E-state index contributed by atoms with van der Waals surface area (Å²) in [6.07, 6.45) is 9.07. The predicted molar refractivity (Wildman–Crippen MR) is 47.8 cm³/mol. The first kappa shape index (κ1) is 7.48. The number of thiocarbonyl (C=S) groups is 1. The van der Waals surface area contributed by atoms with E-state index in [1.165, 1.54) is 0 Å². The second kappa shape index (κ2) is 2.54. The Morgan fingerprint density at radius 3 is 2.60 bits per heavy atom. The normalized spacial score (nSPS) is 30.5. The molecule has 0 saturated heterocycles. The Morgan fingerprint density at radius 1 is 1.60 bits per heavy atom. The number of rotatable bonds is 1. The van der Waals surface area contributed by atoms with Gasteiger partial charge < -0.3 is 5.73 Å². The minimum atomic E-state index is -0.0793. The van der Waals surface area contributed by atoms with Gasteiger partial charge in [0.1, 0.15) is 0 Å². The lowest BCUT2D eigenvalue weighted by atomic mass is 9.84. The molecule has 1 aliphatic rings. The quantitative estimate of drug-likeness (QED) is 0.581. The Balaban J connectivity index is 2.80. The third kappa shape index (κ3) is 1.27. The van der Waals surface area contributed by atoms with E-state index in [0.717, 1.165) is 6.42 Å². The van der Waals surface area contributed by atoms with Gasteiger partial charge in [-0.25, -0.2) is 0 Å². The van der Waals surface area contributed by atoms with Crippen LogP contribution in [0.2, 0.25) is 0 Å². The Kier molecular flexibility index (Phi) is 1.90. The summed E-state index contributed by atoms with van der Waals surface area (Å²) in [6, 6.07) is 0. The molecule has 0 bridgehead atoms. The van der Waals surface area contributed by atoms with Crippen LogP contribution < -0.4 is 5.73 Å². The van der Waals surface area contributed by atoms with Gasteiger partial charge in [-0.05, 0) is 13.3 Å². The second-order valence-corrected chi connectivity index (χ2v) is 3.21. The molecule has 2 N–H and O–H groups in total. The van der Waals surface area contributed by atoms with Crippen molar-refractivity contribution in [2.45, 2.75) is 13.3 Å². The summed E-state index contributed by atoms with van der Waals surface area (Å²) in [5, 5.41) is 0. The fourth-order valence-electron chi connectivity index (χ4n) is 0.910. The van der Waals surface area contributed by atoms with Gasteiger partial charge in [-0.1, -0.05) is 36.5 Å². The molecule has 0 fully saturated rings. The third-order valence-corrected chi connectivity index (χ3v) is 2.28. The summed E-state index contributed by atoms with van der Waals surface area (Å²) >= 11 is 4.92. The van der Waals surface area contributed by atoms with Crippen molar-refractivity contribution in [2.24, 2.45) is 11.1 Å². The van der Waals surface area contributed by atoms with E-state index < -0.39 is 0 Å². The third-order valence-electron chi connectivity index (χ3n) is 1.82. The monoisotopic (exact) mass is 153 g/mol. The molecule has 54 valence electrons. The minimum Gasteiger partial charge on any atom is -0.393 e. The maximum absolute atomic E-state index is 5.55. The van der Waals surface area contributed by atoms with Crippen molar-refractivity contribution in [1.29, 1.82) is 0 Å². The fraction of sp³-hybridized carbons (Fsp3) is 0.375. The largest absolute Gasteiger partial charge is 0.393 e. The Hall–Kier alpha value is -0.630. The molecular formula is C8H11NS. The summed E-state index contributed by atoms with van der Waals surface area (Å²) in [7, 11) is 0. The van der Waals surface area contributed by atoms with E-state index in [0.29, 0.717) is 4.99 Å². The van der Waals surface area contributed by atoms with E-state index in [9.17, 15) is 0 Å². The average Bonchev–Trinajstić information content (AvgIpc) is 1.89. The lowest BCUT2D eigenvalue weighted by molar-refractivity contribution is 0.605. The van der Waals surface area contributed by atoms with Gasteiger partial charge in [-0.3, -0.25) is 0 Å². The van der Waals surface area contributed by atoms with Gasteiger partial charge in [-0.15, -0.1) is 0 Å². The Morgan fingerprint density at radius 2 is 2.30 bits per heavy atom. The SMILES string of the molecule is CC1(C(N)=S)C=CC=CC1. The van der Waals surface area contributed by atoms with Crippen LogP contribution in [0.3, 0.4) is 0 Å². The molecule has 0 aliphatic heterocycles. The van der Waals surface area contributed by atoms with E-state index in [2.05, 4.69) is 19.1 Å². The van der Waals surface area contributed by atoms with Crippen LogP contribution in [-0.4, -0.2) is 4.99 Å². The molecule has 0 aromatic rings. The van der Waals surface area contributed by atoms with Crippen LogP contribution in [0.25, 0.3) is 0 Å². The van der Waals surface area contributed by atoms with E-state index in [4.69, 9.17) is 18.0 Å². The lowest BCUT2D eigenvalue weighted by Crippen LogP contribution is -2.30. The molecule has 0 aromatic heterocycles. The van der Waals surface area contributed by atoms with Crippen molar-refractivity contribution in [3.05, 3.63) is 24.3 Å². The molecule has 0 radical (unpaired) electrons. The number of nitrogens with two attached hydrogens (primary N) is 1. The van der Waals surface area contributed by atoms with Crippen LogP contribution in [0.15, 0.2) is 24.3 Å². The van der Waals surface area contributed by atoms with E-state index in [-0.39, 0.29) is 5.41 Å². The van der Waals surface area contributed by atoms with Gasteiger partial charge >= 0.3 is 0 Å². The van der Waals surface area contributed by atoms with E-state index >= 15 is 0 Å².